The number of hydrogen-bond donors (Lipinski definition) is 2. The standard InChI is InChI=1S/C18H14BrN3O6/c1-26-13(23)6-12-14(16(24)27-2)18(10(7-20)15(21)28-12)9-5-8(19)3-4-11(9)22-17(18)25/h3-5H,6,21H2,1-2H3,(H,22,25)/t18-/m0/s1. The van der Waals surface area contributed by atoms with Crippen LogP contribution in [0.3, 0.4) is 0 Å². The third-order valence-electron chi connectivity index (χ3n) is 4.52. The van der Waals surface area contributed by atoms with E-state index in [0.717, 1.165) is 14.2 Å². The van der Waals surface area contributed by atoms with Gasteiger partial charge in [0.1, 0.15) is 29.4 Å². The van der Waals surface area contributed by atoms with Gasteiger partial charge in [-0.25, -0.2) is 4.79 Å². The molecule has 1 aromatic rings. The van der Waals surface area contributed by atoms with E-state index < -0.39 is 35.6 Å². The van der Waals surface area contributed by atoms with E-state index in [1.54, 1.807) is 18.2 Å². The zero-order chi connectivity index (χ0) is 20.6. The molecule has 1 atom stereocenters. The van der Waals surface area contributed by atoms with Crippen LogP contribution in [-0.2, 0) is 34.0 Å². The number of esters is 2. The number of halogens is 1. The molecule has 0 aromatic heterocycles. The smallest absolute Gasteiger partial charge is 0.339 e. The number of nitrogens with zero attached hydrogens (tertiary/aromatic N) is 1. The lowest BCUT2D eigenvalue weighted by atomic mass is 9.68. The van der Waals surface area contributed by atoms with Crippen molar-refractivity contribution in [2.75, 3.05) is 19.5 Å². The third-order valence-corrected chi connectivity index (χ3v) is 5.01. The molecule has 1 spiro atoms. The van der Waals surface area contributed by atoms with E-state index in [2.05, 4.69) is 26.0 Å². The summed E-state index contributed by atoms with van der Waals surface area (Å²) < 4.78 is 15.5. The average Bonchev–Trinajstić information content (AvgIpc) is 2.93. The first-order valence-corrected chi connectivity index (χ1v) is 8.68. The van der Waals surface area contributed by atoms with Gasteiger partial charge >= 0.3 is 11.9 Å². The van der Waals surface area contributed by atoms with E-state index in [4.69, 9.17) is 15.2 Å². The van der Waals surface area contributed by atoms with Gasteiger partial charge in [0.2, 0.25) is 11.8 Å². The molecule has 1 amide bonds. The van der Waals surface area contributed by atoms with Crippen molar-refractivity contribution < 1.29 is 28.6 Å². The molecule has 0 saturated heterocycles. The molecule has 0 saturated carbocycles. The predicted octanol–water partition coefficient (Wildman–Crippen LogP) is 1.35. The molecule has 28 heavy (non-hydrogen) atoms. The van der Waals surface area contributed by atoms with Gasteiger partial charge in [-0.15, -0.1) is 0 Å². The monoisotopic (exact) mass is 447 g/mol. The second-order valence-electron chi connectivity index (χ2n) is 5.89. The number of fused-ring (bicyclic) bond motifs is 2. The van der Waals surface area contributed by atoms with Crippen molar-refractivity contribution in [3.8, 4) is 6.07 Å². The molecule has 2 heterocycles. The number of ether oxygens (including phenoxy) is 3. The van der Waals surface area contributed by atoms with Crippen LogP contribution in [0, 0.1) is 11.3 Å². The summed E-state index contributed by atoms with van der Waals surface area (Å²) in [5.74, 6) is -2.98. The molecule has 10 heteroatoms. The fourth-order valence-corrected chi connectivity index (χ4v) is 3.72. The van der Waals surface area contributed by atoms with Gasteiger partial charge in [0.05, 0.1) is 14.2 Å². The van der Waals surface area contributed by atoms with Gasteiger partial charge in [-0.05, 0) is 18.2 Å². The van der Waals surface area contributed by atoms with Crippen molar-refractivity contribution in [2.45, 2.75) is 11.8 Å². The minimum Gasteiger partial charge on any atom is -0.469 e. The summed E-state index contributed by atoms with van der Waals surface area (Å²) in [4.78, 5) is 37.8. The Morgan fingerprint density at radius 2 is 2.07 bits per heavy atom. The van der Waals surface area contributed by atoms with Crippen LogP contribution in [0.25, 0.3) is 0 Å². The predicted molar refractivity (Wildman–Crippen MR) is 98.0 cm³/mol. The Labute approximate surface area is 167 Å². The Balaban J connectivity index is 2.43. The Hall–Kier alpha value is -3.32. The molecule has 1 aromatic carbocycles. The highest BCUT2D eigenvalue weighted by Crippen LogP contribution is 2.52. The lowest BCUT2D eigenvalue weighted by Crippen LogP contribution is -2.46. The topological polar surface area (TPSA) is 141 Å². The highest BCUT2D eigenvalue weighted by Gasteiger charge is 2.60. The number of carbonyl (C=O) groups is 3. The molecule has 3 rings (SSSR count). The summed E-state index contributed by atoms with van der Waals surface area (Å²) in [5, 5.41) is 12.4. The zero-order valence-corrected chi connectivity index (χ0v) is 16.4. The average molecular weight is 448 g/mol. The van der Waals surface area contributed by atoms with Crippen LogP contribution in [-0.4, -0.2) is 32.1 Å². The maximum atomic E-state index is 13.2. The van der Waals surface area contributed by atoms with Crippen LogP contribution >= 0.6 is 15.9 Å². The SMILES string of the molecule is COC(=O)CC1=C(C(=O)OC)[C@@]2(C(=O)Nc3ccc(Br)cc32)C(C#N)=C(N)O1. The van der Waals surface area contributed by atoms with Gasteiger partial charge in [0.25, 0.3) is 0 Å². The Bertz CT molecular complexity index is 1020. The fourth-order valence-electron chi connectivity index (χ4n) is 3.36. The van der Waals surface area contributed by atoms with Crippen LogP contribution < -0.4 is 11.1 Å². The highest BCUT2D eigenvalue weighted by atomic mass is 79.9. The van der Waals surface area contributed by atoms with Gasteiger partial charge < -0.3 is 25.3 Å². The second kappa shape index (κ2) is 7.01. The summed E-state index contributed by atoms with van der Waals surface area (Å²) in [5.41, 5.74) is 4.09. The van der Waals surface area contributed by atoms with Crippen LogP contribution in [0.1, 0.15) is 12.0 Å². The van der Waals surface area contributed by atoms with Crippen LogP contribution in [0.5, 0.6) is 0 Å². The summed E-state index contributed by atoms with van der Waals surface area (Å²) in [6, 6.07) is 6.76. The molecular weight excluding hydrogens is 434 g/mol. The summed E-state index contributed by atoms with van der Waals surface area (Å²) >= 11 is 3.33. The van der Waals surface area contributed by atoms with Crippen molar-refractivity contribution in [2.24, 2.45) is 5.73 Å². The first-order valence-electron chi connectivity index (χ1n) is 7.89. The van der Waals surface area contributed by atoms with Crippen LogP contribution in [0.15, 0.2) is 45.5 Å². The molecule has 2 aliphatic heterocycles. The number of nitrogens with one attached hydrogen (secondary N) is 1. The lowest BCUT2D eigenvalue weighted by molar-refractivity contribution is -0.141. The number of amides is 1. The van der Waals surface area contributed by atoms with Crippen LogP contribution in [0.4, 0.5) is 5.69 Å². The van der Waals surface area contributed by atoms with Gasteiger partial charge in [-0.2, -0.15) is 5.26 Å². The number of rotatable bonds is 3. The Morgan fingerprint density at radius 3 is 2.68 bits per heavy atom. The number of hydrogen-bond acceptors (Lipinski definition) is 8. The third kappa shape index (κ3) is 2.63. The van der Waals surface area contributed by atoms with Gasteiger partial charge in [0.15, 0.2) is 5.41 Å². The summed E-state index contributed by atoms with van der Waals surface area (Å²) in [6.07, 6.45) is -0.487. The summed E-state index contributed by atoms with van der Waals surface area (Å²) in [7, 11) is 2.27. The number of anilines is 1. The second-order valence-corrected chi connectivity index (χ2v) is 6.81. The van der Waals surface area contributed by atoms with Gasteiger partial charge in [0, 0.05) is 15.7 Å². The molecule has 9 nitrogen and oxygen atoms in total. The molecule has 2 aliphatic rings. The van der Waals surface area contributed by atoms with Crippen molar-refractivity contribution in [3.63, 3.8) is 0 Å². The van der Waals surface area contributed by atoms with Gasteiger partial charge in [-0.3, -0.25) is 9.59 Å². The molecule has 0 unspecified atom stereocenters. The Kier molecular flexibility index (Phi) is 4.87. The molecule has 144 valence electrons. The Morgan fingerprint density at radius 1 is 1.36 bits per heavy atom. The number of methoxy groups -OCH3 is 2. The van der Waals surface area contributed by atoms with Crippen molar-refractivity contribution >= 4 is 39.5 Å². The summed E-state index contributed by atoms with van der Waals surface area (Å²) in [6.45, 7) is 0. The minimum atomic E-state index is -1.92. The van der Waals surface area contributed by atoms with Gasteiger partial charge in [-0.1, -0.05) is 15.9 Å². The van der Waals surface area contributed by atoms with Crippen molar-refractivity contribution in [1.29, 1.82) is 5.26 Å². The fraction of sp³-hybridized carbons (Fsp3) is 0.222. The number of carbonyl (C=O) groups excluding carboxylic acids is 3. The quantitative estimate of drug-likeness (QED) is 0.661. The van der Waals surface area contributed by atoms with E-state index >= 15 is 0 Å². The molecule has 3 N–H and O–H groups in total. The normalized spacial score (nSPS) is 20.3. The molecular formula is C18H14BrN3O6. The van der Waals surface area contributed by atoms with E-state index in [0.29, 0.717) is 15.7 Å². The maximum absolute atomic E-state index is 13.2. The molecule has 0 bridgehead atoms. The zero-order valence-electron chi connectivity index (χ0n) is 14.8. The van der Waals surface area contributed by atoms with Crippen LogP contribution in [0.2, 0.25) is 0 Å². The number of nitriles is 1. The molecule has 0 fully saturated rings. The van der Waals surface area contributed by atoms with E-state index in [1.807, 2.05) is 6.07 Å². The number of nitrogens with two attached hydrogens (primary N) is 1. The molecule has 0 radical (unpaired) electrons. The first kappa shape index (κ1) is 19.4. The highest BCUT2D eigenvalue weighted by molar-refractivity contribution is 9.10. The number of benzene rings is 1. The van der Waals surface area contributed by atoms with E-state index in [-0.39, 0.29) is 16.9 Å². The largest absolute Gasteiger partial charge is 0.469 e. The van der Waals surface area contributed by atoms with Crippen molar-refractivity contribution in [3.05, 3.63) is 51.0 Å². The lowest BCUT2D eigenvalue weighted by Gasteiger charge is -2.34. The molecule has 0 aliphatic carbocycles. The first-order chi connectivity index (χ1) is 13.3. The van der Waals surface area contributed by atoms with E-state index in [9.17, 15) is 19.6 Å². The maximum Gasteiger partial charge on any atom is 0.339 e. The van der Waals surface area contributed by atoms with Crippen molar-refractivity contribution in [1.82, 2.24) is 0 Å². The minimum absolute atomic E-state index is 0.224. The van der Waals surface area contributed by atoms with E-state index in [1.165, 1.54) is 0 Å².